The lowest BCUT2D eigenvalue weighted by atomic mass is 9.96. The van der Waals surface area contributed by atoms with E-state index < -0.39 is 0 Å². The Morgan fingerprint density at radius 2 is 1.88 bits per heavy atom. The molecule has 3 rings (SSSR count). The predicted molar refractivity (Wildman–Crippen MR) is 104 cm³/mol. The Labute approximate surface area is 146 Å². The van der Waals surface area contributed by atoms with Crippen LogP contribution >= 0.6 is 0 Å². The normalized spacial score (nSPS) is 16.1. The van der Waals surface area contributed by atoms with Gasteiger partial charge in [0.15, 0.2) is 5.78 Å². The van der Waals surface area contributed by atoms with Crippen LogP contribution in [0, 0.1) is 12.3 Å². The summed E-state index contributed by atoms with van der Waals surface area (Å²) in [5.41, 5.74) is 11.4. The summed E-state index contributed by atoms with van der Waals surface area (Å²) in [5, 5.41) is 11.1. The van der Waals surface area contributed by atoms with E-state index in [1.165, 1.54) is 0 Å². The monoisotopic (exact) mass is 332 g/mol. The maximum absolute atomic E-state index is 12.2. The average molecular weight is 332 g/mol. The van der Waals surface area contributed by atoms with Crippen LogP contribution in [0.1, 0.15) is 18.9 Å². The molecule has 0 spiro atoms. The maximum Gasteiger partial charge on any atom is 0.187 e. The van der Waals surface area contributed by atoms with Crippen molar-refractivity contribution in [2.24, 2.45) is 4.99 Å². The van der Waals surface area contributed by atoms with Crippen LogP contribution in [0.4, 0.5) is 22.7 Å². The number of nitrogens with one attached hydrogen (secondary N) is 2. The summed E-state index contributed by atoms with van der Waals surface area (Å²) in [6.45, 7) is 3.73. The molecule has 126 valence electrons. The molecule has 0 radical (unpaired) electrons. The minimum Gasteiger partial charge on any atom is -0.398 e. The SMILES string of the molecule is CC1=CC(=Nc2cc(C)c(N)cc2Nc2ccccc2)C(=O)CC1=N. The van der Waals surface area contributed by atoms with Crippen molar-refractivity contribution in [1.29, 1.82) is 5.41 Å². The first-order chi connectivity index (χ1) is 11.9. The van der Waals surface area contributed by atoms with Crippen molar-refractivity contribution in [3.05, 3.63) is 59.7 Å². The number of Topliss-reactive ketones (excluding diaryl/α,β-unsaturated/α-hetero) is 1. The van der Waals surface area contributed by atoms with E-state index in [4.69, 9.17) is 11.1 Å². The van der Waals surface area contributed by atoms with E-state index in [1.54, 1.807) is 6.08 Å². The molecule has 0 bridgehead atoms. The number of allylic oxidation sites excluding steroid dienone is 2. The first kappa shape index (κ1) is 16.6. The van der Waals surface area contributed by atoms with E-state index >= 15 is 0 Å². The Kier molecular flexibility index (Phi) is 4.48. The summed E-state index contributed by atoms with van der Waals surface area (Å²) in [7, 11) is 0. The number of benzene rings is 2. The molecule has 2 aromatic rings. The number of carbonyl (C=O) groups is 1. The fraction of sp³-hybridized carbons (Fsp3) is 0.150. The van der Waals surface area contributed by atoms with Gasteiger partial charge in [0.05, 0.1) is 17.8 Å². The second kappa shape index (κ2) is 6.73. The molecule has 0 fully saturated rings. The van der Waals surface area contributed by atoms with Gasteiger partial charge >= 0.3 is 0 Å². The van der Waals surface area contributed by atoms with Crippen LogP contribution in [0.15, 0.2) is 59.1 Å². The number of nitrogen functional groups attached to an aromatic ring is 1. The van der Waals surface area contributed by atoms with Crippen molar-refractivity contribution in [2.45, 2.75) is 20.3 Å². The molecular formula is C20H20N4O. The molecule has 2 aromatic carbocycles. The Balaban J connectivity index is 2.06. The first-order valence-electron chi connectivity index (χ1n) is 8.04. The largest absolute Gasteiger partial charge is 0.398 e. The van der Waals surface area contributed by atoms with Crippen LogP contribution in [0.3, 0.4) is 0 Å². The molecule has 5 nitrogen and oxygen atoms in total. The number of rotatable bonds is 3. The Hall–Kier alpha value is -3.21. The van der Waals surface area contributed by atoms with E-state index in [0.717, 1.165) is 22.5 Å². The summed E-state index contributed by atoms with van der Waals surface area (Å²) >= 11 is 0. The number of anilines is 3. The lowest BCUT2D eigenvalue weighted by Crippen LogP contribution is -2.22. The second-order valence-corrected chi connectivity index (χ2v) is 6.12. The van der Waals surface area contributed by atoms with E-state index in [2.05, 4.69) is 10.3 Å². The average Bonchev–Trinajstić information content (AvgIpc) is 2.58. The highest BCUT2D eigenvalue weighted by atomic mass is 16.1. The number of aryl methyl sites for hydroxylation is 1. The topological polar surface area (TPSA) is 91.3 Å². The van der Waals surface area contributed by atoms with Crippen molar-refractivity contribution < 1.29 is 4.79 Å². The highest BCUT2D eigenvalue weighted by molar-refractivity contribution is 6.50. The van der Waals surface area contributed by atoms with Gasteiger partial charge in [-0.25, -0.2) is 4.99 Å². The summed E-state index contributed by atoms with van der Waals surface area (Å²) in [6, 6.07) is 13.4. The molecule has 4 N–H and O–H groups in total. The molecule has 0 atom stereocenters. The minimum atomic E-state index is -0.143. The van der Waals surface area contributed by atoms with Crippen LogP contribution in [0.2, 0.25) is 0 Å². The number of hydrogen-bond donors (Lipinski definition) is 3. The smallest absolute Gasteiger partial charge is 0.187 e. The number of aliphatic imine (C=N–C) groups is 1. The zero-order chi connectivity index (χ0) is 18.0. The fourth-order valence-corrected chi connectivity index (χ4v) is 2.57. The van der Waals surface area contributed by atoms with Gasteiger partial charge in [0, 0.05) is 17.1 Å². The molecule has 1 aliphatic carbocycles. The lowest BCUT2D eigenvalue weighted by Gasteiger charge is -2.15. The van der Waals surface area contributed by atoms with Crippen molar-refractivity contribution in [1.82, 2.24) is 0 Å². The fourth-order valence-electron chi connectivity index (χ4n) is 2.57. The van der Waals surface area contributed by atoms with Crippen LogP contribution < -0.4 is 11.1 Å². The van der Waals surface area contributed by atoms with Gasteiger partial charge in [0.1, 0.15) is 5.71 Å². The van der Waals surface area contributed by atoms with E-state index in [-0.39, 0.29) is 12.2 Å². The number of hydrogen-bond acceptors (Lipinski definition) is 5. The van der Waals surface area contributed by atoms with Gasteiger partial charge in [-0.15, -0.1) is 0 Å². The lowest BCUT2D eigenvalue weighted by molar-refractivity contribution is -0.111. The quantitative estimate of drug-likeness (QED) is 0.730. The molecule has 0 heterocycles. The first-order valence-corrected chi connectivity index (χ1v) is 8.04. The van der Waals surface area contributed by atoms with Gasteiger partial charge in [0.25, 0.3) is 0 Å². The highest BCUT2D eigenvalue weighted by Gasteiger charge is 2.20. The van der Waals surface area contributed by atoms with Crippen LogP contribution in [-0.2, 0) is 4.79 Å². The second-order valence-electron chi connectivity index (χ2n) is 6.12. The predicted octanol–water partition coefficient (Wildman–Crippen LogP) is 4.33. The number of carbonyl (C=O) groups excluding carboxylic acids is 1. The van der Waals surface area contributed by atoms with E-state index in [9.17, 15) is 4.79 Å². The number of para-hydroxylation sites is 1. The third-order valence-electron chi connectivity index (χ3n) is 4.13. The van der Waals surface area contributed by atoms with Crippen LogP contribution in [0.5, 0.6) is 0 Å². The molecule has 0 saturated heterocycles. The Morgan fingerprint density at radius 1 is 1.16 bits per heavy atom. The maximum atomic E-state index is 12.2. The van der Waals surface area contributed by atoms with E-state index in [0.29, 0.717) is 22.8 Å². The summed E-state index contributed by atoms with van der Waals surface area (Å²) in [4.78, 5) is 16.8. The molecule has 0 aliphatic heterocycles. The third-order valence-corrected chi connectivity index (χ3v) is 4.13. The van der Waals surface area contributed by atoms with Crippen LogP contribution in [0.25, 0.3) is 0 Å². The zero-order valence-electron chi connectivity index (χ0n) is 14.3. The Bertz CT molecular complexity index is 911. The van der Waals surface area contributed by atoms with Gasteiger partial charge in [-0.1, -0.05) is 18.2 Å². The zero-order valence-corrected chi connectivity index (χ0v) is 14.3. The molecule has 1 aliphatic rings. The Morgan fingerprint density at radius 3 is 2.60 bits per heavy atom. The van der Waals surface area contributed by atoms with Gasteiger partial charge in [0.2, 0.25) is 0 Å². The molecule has 0 aromatic heterocycles. The van der Waals surface area contributed by atoms with Crippen molar-refractivity contribution in [3.63, 3.8) is 0 Å². The number of nitrogens with two attached hydrogens (primary N) is 1. The van der Waals surface area contributed by atoms with Gasteiger partial charge < -0.3 is 16.5 Å². The highest BCUT2D eigenvalue weighted by Crippen LogP contribution is 2.33. The van der Waals surface area contributed by atoms with Crippen LogP contribution in [-0.4, -0.2) is 17.2 Å². The minimum absolute atomic E-state index is 0.0938. The summed E-state index contributed by atoms with van der Waals surface area (Å²) in [6.07, 6.45) is 1.77. The summed E-state index contributed by atoms with van der Waals surface area (Å²) in [5.74, 6) is -0.143. The molecule has 25 heavy (non-hydrogen) atoms. The molecular weight excluding hydrogens is 312 g/mol. The molecule has 0 amide bonds. The van der Waals surface area contributed by atoms with Gasteiger partial charge in [-0.2, -0.15) is 0 Å². The van der Waals surface area contributed by atoms with Gasteiger partial charge in [-0.3, -0.25) is 4.79 Å². The number of nitrogens with zero attached hydrogens (tertiary/aromatic N) is 1. The summed E-state index contributed by atoms with van der Waals surface area (Å²) < 4.78 is 0. The standard InChI is InChI=1S/C20H20N4O/c1-12-8-17(24-19-9-13(2)16(22)11-20(19)25)18(10-15(12)21)23-14-6-4-3-5-7-14/h3-10,22-23H,11,21H2,1-2H3. The van der Waals surface area contributed by atoms with Crippen molar-refractivity contribution >= 4 is 40.0 Å². The van der Waals surface area contributed by atoms with E-state index in [1.807, 2.05) is 56.3 Å². The number of ketones is 1. The van der Waals surface area contributed by atoms with Gasteiger partial charge in [-0.05, 0) is 55.3 Å². The molecule has 0 saturated carbocycles. The molecule has 0 unspecified atom stereocenters. The third kappa shape index (κ3) is 3.66. The molecule has 5 heteroatoms. The van der Waals surface area contributed by atoms with Crippen molar-refractivity contribution in [3.8, 4) is 0 Å². The van der Waals surface area contributed by atoms with Crippen molar-refractivity contribution in [2.75, 3.05) is 11.1 Å².